The van der Waals surface area contributed by atoms with E-state index in [0.717, 1.165) is 50.3 Å². The van der Waals surface area contributed by atoms with Gasteiger partial charge in [-0.25, -0.2) is 4.72 Å². The van der Waals surface area contributed by atoms with E-state index >= 15 is 0 Å². The predicted octanol–water partition coefficient (Wildman–Crippen LogP) is 5.89. The third-order valence-corrected chi connectivity index (χ3v) is 11.3. The van der Waals surface area contributed by atoms with Crippen LogP contribution in [0.2, 0.25) is 0 Å². The molecule has 0 bridgehead atoms. The third-order valence-electron chi connectivity index (χ3n) is 9.18. The molecule has 2 heterocycles. The quantitative estimate of drug-likeness (QED) is 0.308. The van der Waals surface area contributed by atoms with Crippen molar-refractivity contribution in [2.24, 2.45) is 5.41 Å². The van der Waals surface area contributed by atoms with E-state index in [9.17, 15) is 13.2 Å². The highest BCUT2D eigenvalue weighted by molar-refractivity contribution is 9.10. The number of benzene rings is 2. The lowest BCUT2D eigenvalue weighted by Gasteiger charge is -2.40. The predicted molar refractivity (Wildman–Crippen MR) is 164 cm³/mol. The molecule has 1 aromatic heterocycles. The maximum Gasteiger partial charge on any atom is 0.303 e. The van der Waals surface area contributed by atoms with E-state index in [4.69, 9.17) is 14.2 Å². The average Bonchev–Trinajstić information content (AvgIpc) is 3.56. The summed E-state index contributed by atoms with van der Waals surface area (Å²) in [5.74, 6) is 0.765. The van der Waals surface area contributed by atoms with Crippen molar-refractivity contribution in [1.82, 2.24) is 13.6 Å². The van der Waals surface area contributed by atoms with Gasteiger partial charge in [-0.05, 0) is 79.5 Å². The molecule has 1 amide bonds. The van der Waals surface area contributed by atoms with Crippen molar-refractivity contribution < 1.29 is 27.4 Å². The van der Waals surface area contributed by atoms with Gasteiger partial charge in [-0.15, -0.1) is 0 Å². The van der Waals surface area contributed by atoms with Crippen molar-refractivity contribution in [2.75, 3.05) is 21.2 Å². The lowest BCUT2D eigenvalue weighted by Crippen LogP contribution is -2.47. The molecule has 1 aliphatic heterocycles. The second-order valence-electron chi connectivity index (χ2n) is 12.0. The van der Waals surface area contributed by atoms with Crippen LogP contribution in [0, 0.1) is 5.41 Å². The highest BCUT2D eigenvalue weighted by Crippen LogP contribution is 2.66. The van der Waals surface area contributed by atoms with Crippen LogP contribution in [-0.2, 0) is 26.2 Å². The van der Waals surface area contributed by atoms with Gasteiger partial charge in [-0.2, -0.15) is 12.7 Å². The van der Waals surface area contributed by atoms with Crippen molar-refractivity contribution in [1.29, 1.82) is 0 Å². The van der Waals surface area contributed by atoms with Crippen LogP contribution in [-0.4, -0.2) is 57.0 Å². The number of hydrogen-bond acceptors (Lipinski definition) is 6. The summed E-state index contributed by atoms with van der Waals surface area (Å²) in [6.45, 7) is 2.53. The van der Waals surface area contributed by atoms with E-state index in [1.54, 1.807) is 13.2 Å². The summed E-state index contributed by atoms with van der Waals surface area (Å²) >= 11 is 3.75. The number of methoxy groups -OCH3 is 1. The number of carbonyl (C=O) groups excluding carboxylic acids is 1. The van der Waals surface area contributed by atoms with Crippen molar-refractivity contribution in [2.45, 2.75) is 76.4 Å². The van der Waals surface area contributed by atoms with Crippen molar-refractivity contribution in [3.63, 3.8) is 0 Å². The number of amides is 1. The Kier molecular flexibility index (Phi) is 7.93. The SMILES string of the molecule is COc1ccc(Br)c([C@@H]2C[C@@]2(Cn2cc(C3CCCCC3)c3ccc(C(=O)NS(=O)(=O)N(C)C)cc32)C2OC(C)O2)c1. The molecular weight excluding hydrogens is 622 g/mol. The summed E-state index contributed by atoms with van der Waals surface area (Å²) in [6, 6.07) is 11.5. The summed E-state index contributed by atoms with van der Waals surface area (Å²) in [4.78, 5) is 13.1. The van der Waals surface area contributed by atoms with E-state index < -0.39 is 16.1 Å². The van der Waals surface area contributed by atoms with Crippen LogP contribution >= 0.6 is 15.9 Å². The first-order chi connectivity index (χ1) is 20.0. The molecular formula is C31H38BrN3O6S. The second-order valence-corrected chi connectivity index (χ2v) is 14.8. The zero-order valence-electron chi connectivity index (χ0n) is 24.4. The number of nitrogens with zero attached hydrogens (tertiary/aromatic N) is 2. The Balaban J connectivity index is 1.41. The van der Waals surface area contributed by atoms with E-state index in [-0.39, 0.29) is 23.9 Å². The average molecular weight is 661 g/mol. The molecule has 2 aromatic carbocycles. The molecule has 2 atom stereocenters. The molecule has 3 fully saturated rings. The summed E-state index contributed by atoms with van der Waals surface area (Å²) in [7, 11) is 0.523. The van der Waals surface area contributed by atoms with Gasteiger partial charge in [0.15, 0.2) is 12.6 Å². The molecule has 42 heavy (non-hydrogen) atoms. The minimum atomic E-state index is -3.92. The van der Waals surface area contributed by atoms with E-state index in [1.807, 2.05) is 31.2 Å². The molecule has 3 aromatic rings. The van der Waals surface area contributed by atoms with Gasteiger partial charge in [-0.1, -0.05) is 41.3 Å². The maximum absolute atomic E-state index is 13.1. The summed E-state index contributed by atoms with van der Waals surface area (Å²) in [5.41, 5.74) is 3.33. The summed E-state index contributed by atoms with van der Waals surface area (Å²) in [6.07, 6.45) is 8.45. The molecule has 9 nitrogen and oxygen atoms in total. The molecule has 226 valence electrons. The zero-order chi connectivity index (χ0) is 29.8. The van der Waals surface area contributed by atoms with Gasteiger partial charge in [0.1, 0.15) is 5.75 Å². The van der Waals surface area contributed by atoms with Crippen LogP contribution in [0.3, 0.4) is 0 Å². The molecule has 6 rings (SSSR count). The number of nitrogens with one attached hydrogen (secondary N) is 1. The number of ether oxygens (including phenoxy) is 3. The molecule has 11 heteroatoms. The maximum atomic E-state index is 13.1. The number of fused-ring (bicyclic) bond motifs is 1. The standard InChI is InChI=1S/C31H38BrN3O6S/c1-19-40-30(41-19)31(16-26(31)24-15-22(39-4)11-13-27(24)32)18-35-17-25(20-8-6-5-7-9-20)23-12-10-21(14-28(23)35)29(36)33-42(37,38)34(2)3/h10-15,17,19-20,26,30H,5-9,16,18H2,1-4H3,(H,33,36)/t19?,26-,30?,31-/m0/s1. The number of hydrogen-bond donors (Lipinski definition) is 1. The monoisotopic (exact) mass is 659 g/mol. The van der Waals surface area contributed by atoms with E-state index in [0.29, 0.717) is 18.0 Å². The fourth-order valence-electron chi connectivity index (χ4n) is 6.71. The molecule has 0 spiro atoms. The van der Waals surface area contributed by atoms with Crippen LogP contribution in [0.15, 0.2) is 47.1 Å². The Morgan fingerprint density at radius 3 is 2.52 bits per heavy atom. The van der Waals surface area contributed by atoms with Crippen molar-refractivity contribution in [3.05, 3.63) is 63.8 Å². The Hall–Kier alpha value is -2.44. The summed E-state index contributed by atoms with van der Waals surface area (Å²) in [5, 5.41) is 1.10. The Morgan fingerprint density at radius 1 is 1.12 bits per heavy atom. The number of aromatic nitrogens is 1. The first-order valence-corrected chi connectivity index (χ1v) is 16.8. The molecule has 1 saturated heterocycles. The third kappa shape index (κ3) is 5.38. The molecule has 2 aliphatic carbocycles. The second kappa shape index (κ2) is 11.2. The Morgan fingerprint density at radius 2 is 1.86 bits per heavy atom. The lowest BCUT2D eigenvalue weighted by molar-refractivity contribution is -0.399. The highest BCUT2D eigenvalue weighted by Gasteiger charge is 2.64. The highest BCUT2D eigenvalue weighted by atomic mass is 79.9. The van der Waals surface area contributed by atoms with Crippen molar-refractivity contribution >= 4 is 42.9 Å². The Bertz CT molecular complexity index is 1610. The van der Waals surface area contributed by atoms with Gasteiger partial charge < -0.3 is 18.8 Å². The zero-order valence-corrected chi connectivity index (χ0v) is 26.8. The van der Waals surface area contributed by atoms with Crippen LogP contribution < -0.4 is 9.46 Å². The Labute approximate surface area is 255 Å². The minimum absolute atomic E-state index is 0.173. The largest absolute Gasteiger partial charge is 0.497 e. The molecule has 0 radical (unpaired) electrons. The number of halogens is 1. The molecule has 1 N–H and O–H groups in total. The first-order valence-electron chi connectivity index (χ1n) is 14.5. The topological polar surface area (TPSA) is 99.1 Å². The molecule has 2 saturated carbocycles. The van der Waals surface area contributed by atoms with Gasteiger partial charge >= 0.3 is 10.2 Å². The van der Waals surface area contributed by atoms with Gasteiger partial charge in [0.05, 0.1) is 7.11 Å². The van der Waals surface area contributed by atoms with Crippen LogP contribution in [0.5, 0.6) is 5.75 Å². The molecule has 0 unspecified atom stereocenters. The van der Waals surface area contributed by atoms with Gasteiger partial charge in [0, 0.05) is 53.2 Å². The molecule has 3 aliphatic rings. The van der Waals surface area contributed by atoms with Crippen LogP contribution in [0.1, 0.15) is 78.8 Å². The first kappa shape index (κ1) is 29.6. The normalized spacial score (nSPS) is 26.3. The smallest absolute Gasteiger partial charge is 0.303 e. The fourth-order valence-corrected chi connectivity index (χ4v) is 7.77. The van der Waals surface area contributed by atoms with Crippen LogP contribution in [0.4, 0.5) is 0 Å². The number of rotatable bonds is 9. The lowest BCUT2D eigenvalue weighted by atomic mass is 9.84. The van der Waals surface area contributed by atoms with Gasteiger partial charge in [0.25, 0.3) is 5.91 Å². The fraction of sp³-hybridized carbons (Fsp3) is 0.516. The van der Waals surface area contributed by atoms with Crippen molar-refractivity contribution in [3.8, 4) is 5.75 Å². The number of carbonyl (C=O) groups is 1. The minimum Gasteiger partial charge on any atom is -0.497 e. The van der Waals surface area contributed by atoms with Gasteiger partial charge in [-0.3, -0.25) is 4.79 Å². The van der Waals surface area contributed by atoms with E-state index in [2.05, 4.69) is 37.5 Å². The van der Waals surface area contributed by atoms with E-state index in [1.165, 1.54) is 38.9 Å². The van der Waals surface area contributed by atoms with Crippen LogP contribution in [0.25, 0.3) is 10.9 Å². The van der Waals surface area contributed by atoms with Gasteiger partial charge in [0.2, 0.25) is 0 Å². The summed E-state index contributed by atoms with van der Waals surface area (Å²) < 4.78 is 49.0.